The highest BCUT2D eigenvalue weighted by molar-refractivity contribution is 6.32. The molecule has 0 aliphatic rings. The first-order valence-corrected chi connectivity index (χ1v) is 12.0. The quantitative estimate of drug-likeness (QED) is 0.273. The van der Waals surface area contributed by atoms with Gasteiger partial charge in [-0.25, -0.2) is 9.67 Å². The second-order valence-corrected chi connectivity index (χ2v) is 9.14. The molecule has 5 rings (SSSR count). The van der Waals surface area contributed by atoms with Gasteiger partial charge in [0.2, 0.25) is 0 Å². The highest BCUT2D eigenvalue weighted by atomic mass is 35.5. The zero-order valence-corrected chi connectivity index (χ0v) is 21.6. The smallest absolute Gasteiger partial charge is 0.274 e. The molecule has 0 aliphatic carbocycles. The molecule has 0 saturated heterocycles. The monoisotopic (exact) mass is 550 g/mol. The Morgan fingerprint density at radius 1 is 1.13 bits per heavy atom. The average molecular weight is 551 g/mol. The summed E-state index contributed by atoms with van der Waals surface area (Å²) >= 11 is 12.5. The summed E-state index contributed by atoms with van der Waals surface area (Å²) in [4.78, 5) is 30.4. The number of nitrogens with two attached hydrogens (primary N) is 1. The van der Waals surface area contributed by atoms with Crippen LogP contribution in [0.25, 0.3) is 16.9 Å². The van der Waals surface area contributed by atoms with Crippen molar-refractivity contribution in [1.29, 1.82) is 0 Å². The number of aromatic nitrogens is 6. The number of carbonyl (C=O) groups excluding carboxylic acids is 2. The Labute approximate surface area is 225 Å². The SMILES string of the molecule is COC(c1ccc(Cl)cc1)c1cc(C(=O)Nc2c(C)cc3n[nH]nc3c2C(N)=O)n(-c2ncccc2Cl)n1. The molecular weight excluding hydrogens is 531 g/mol. The summed E-state index contributed by atoms with van der Waals surface area (Å²) in [5.41, 5.74) is 8.40. The van der Waals surface area contributed by atoms with Crippen molar-refractivity contribution in [3.63, 3.8) is 0 Å². The predicted octanol–water partition coefficient (Wildman–Crippen LogP) is 4.24. The zero-order chi connectivity index (χ0) is 27.0. The maximum Gasteiger partial charge on any atom is 0.274 e. The van der Waals surface area contributed by atoms with Crippen LogP contribution in [0.4, 0.5) is 5.69 Å². The number of halogens is 2. The molecule has 0 radical (unpaired) electrons. The molecule has 2 aromatic carbocycles. The van der Waals surface area contributed by atoms with E-state index < -0.39 is 17.9 Å². The van der Waals surface area contributed by atoms with Crippen molar-refractivity contribution in [2.45, 2.75) is 13.0 Å². The van der Waals surface area contributed by atoms with Crippen molar-refractivity contribution in [3.05, 3.63) is 92.9 Å². The summed E-state index contributed by atoms with van der Waals surface area (Å²) in [7, 11) is 1.53. The number of ether oxygens (including phenoxy) is 1. The molecule has 2 amide bonds. The van der Waals surface area contributed by atoms with Crippen LogP contribution < -0.4 is 11.1 Å². The maximum absolute atomic E-state index is 13.7. The second-order valence-electron chi connectivity index (χ2n) is 8.30. The largest absolute Gasteiger partial charge is 0.370 e. The average Bonchev–Trinajstić information content (AvgIpc) is 3.53. The fourth-order valence-corrected chi connectivity index (χ4v) is 4.47. The van der Waals surface area contributed by atoms with Crippen LogP contribution in [0.15, 0.2) is 54.7 Å². The van der Waals surface area contributed by atoms with E-state index in [0.29, 0.717) is 21.8 Å². The van der Waals surface area contributed by atoms with E-state index in [2.05, 4.69) is 30.8 Å². The van der Waals surface area contributed by atoms with Crippen molar-refractivity contribution in [2.75, 3.05) is 12.4 Å². The number of anilines is 1. The number of amides is 2. The van der Waals surface area contributed by atoms with Crippen LogP contribution in [-0.2, 0) is 4.74 Å². The first kappa shape index (κ1) is 25.3. The number of benzene rings is 2. The van der Waals surface area contributed by atoms with Crippen LogP contribution in [0.5, 0.6) is 0 Å². The number of rotatable bonds is 7. The van der Waals surface area contributed by atoms with Gasteiger partial charge in [-0.3, -0.25) is 9.59 Å². The number of carbonyl (C=O) groups is 2. The van der Waals surface area contributed by atoms with Gasteiger partial charge in [0.25, 0.3) is 11.8 Å². The lowest BCUT2D eigenvalue weighted by molar-refractivity contribution is 0.100. The Morgan fingerprint density at radius 3 is 2.58 bits per heavy atom. The molecule has 192 valence electrons. The normalized spacial score (nSPS) is 12.0. The first-order valence-electron chi connectivity index (χ1n) is 11.2. The van der Waals surface area contributed by atoms with E-state index in [1.165, 1.54) is 18.0 Å². The number of nitrogens with one attached hydrogen (secondary N) is 2. The molecule has 1 atom stereocenters. The highest BCUT2D eigenvalue weighted by Crippen LogP contribution is 2.31. The third kappa shape index (κ3) is 4.58. The highest BCUT2D eigenvalue weighted by Gasteiger charge is 2.27. The van der Waals surface area contributed by atoms with Gasteiger partial charge >= 0.3 is 0 Å². The minimum absolute atomic E-state index is 0.0280. The van der Waals surface area contributed by atoms with Gasteiger partial charge in [-0.1, -0.05) is 35.3 Å². The lowest BCUT2D eigenvalue weighted by Gasteiger charge is -2.13. The molecule has 3 heterocycles. The van der Waals surface area contributed by atoms with Gasteiger partial charge in [0.1, 0.15) is 22.8 Å². The molecule has 1 unspecified atom stereocenters. The van der Waals surface area contributed by atoms with E-state index in [1.54, 1.807) is 55.5 Å². The third-order valence-corrected chi connectivity index (χ3v) is 6.42. The number of nitrogens with zero attached hydrogens (tertiary/aromatic N) is 5. The number of aromatic amines is 1. The van der Waals surface area contributed by atoms with Gasteiger partial charge in [-0.15, -0.1) is 0 Å². The van der Waals surface area contributed by atoms with E-state index >= 15 is 0 Å². The van der Waals surface area contributed by atoms with Crippen LogP contribution in [0.2, 0.25) is 10.0 Å². The van der Waals surface area contributed by atoms with Crippen LogP contribution in [0.1, 0.15) is 43.8 Å². The van der Waals surface area contributed by atoms with Gasteiger partial charge in [0, 0.05) is 18.3 Å². The molecule has 0 aliphatic heterocycles. The van der Waals surface area contributed by atoms with Gasteiger partial charge in [0.15, 0.2) is 5.82 Å². The molecule has 38 heavy (non-hydrogen) atoms. The lowest BCUT2D eigenvalue weighted by Crippen LogP contribution is -2.22. The summed E-state index contributed by atoms with van der Waals surface area (Å²) in [6, 6.07) is 13.6. The predicted molar refractivity (Wildman–Crippen MR) is 142 cm³/mol. The van der Waals surface area contributed by atoms with Crippen LogP contribution in [0, 0.1) is 6.92 Å². The fraction of sp³-hybridized carbons (Fsp3) is 0.120. The maximum atomic E-state index is 13.7. The molecule has 13 heteroatoms. The van der Waals surface area contributed by atoms with E-state index in [-0.39, 0.29) is 33.3 Å². The topological polar surface area (TPSA) is 154 Å². The molecular formula is C25H20Cl2N8O3. The van der Waals surface area contributed by atoms with Crippen LogP contribution in [0.3, 0.4) is 0 Å². The standard InChI is InChI=1S/C25H20Cl2N8O3/c1-12-10-16-21(32-34-31-16)19(23(28)36)20(12)30-25(37)18-11-17(22(38-2)13-5-7-14(26)8-6-13)33-35(18)24-15(27)4-3-9-29-24/h3-11,22H,1-2H3,(H2,28,36)(H,30,37)(H,31,32,34). The van der Waals surface area contributed by atoms with Gasteiger partial charge in [-0.05, 0) is 54.4 Å². The Morgan fingerprint density at radius 2 is 1.89 bits per heavy atom. The Kier molecular flexibility index (Phi) is 6.81. The van der Waals surface area contributed by atoms with Crippen molar-refractivity contribution in [2.24, 2.45) is 5.73 Å². The number of primary amides is 1. The van der Waals surface area contributed by atoms with Crippen molar-refractivity contribution >= 4 is 51.7 Å². The summed E-state index contributed by atoms with van der Waals surface area (Å²) in [6.45, 7) is 1.72. The van der Waals surface area contributed by atoms with Crippen molar-refractivity contribution in [3.8, 4) is 5.82 Å². The number of hydrogen-bond acceptors (Lipinski definition) is 7. The number of aryl methyl sites for hydroxylation is 1. The van der Waals surface area contributed by atoms with E-state index in [0.717, 1.165) is 5.56 Å². The number of methoxy groups -OCH3 is 1. The number of fused-ring (bicyclic) bond motifs is 1. The zero-order valence-electron chi connectivity index (χ0n) is 20.1. The molecule has 0 fully saturated rings. The number of pyridine rings is 1. The molecule has 5 aromatic rings. The van der Waals surface area contributed by atoms with Crippen LogP contribution >= 0.6 is 23.2 Å². The van der Waals surface area contributed by atoms with Crippen LogP contribution in [-0.4, -0.2) is 49.1 Å². The summed E-state index contributed by atoms with van der Waals surface area (Å²) in [6.07, 6.45) is 0.905. The minimum Gasteiger partial charge on any atom is -0.370 e. The third-order valence-electron chi connectivity index (χ3n) is 5.87. The fourth-order valence-electron chi connectivity index (χ4n) is 4.14. The molecule has 3 aromatic heterocycles. The molecule has 0 saturated carbocycles. The second kappa shape index (κ2) is 10.2. The molecule has 11 nitrogen and oxygen atoms in total. The van der Waals surface area contributed by atoms with Gasteiger partial charge in [0.05, 0.1) is 22.0 Å². The van der Waals surface area contributed by atoms with Crippen molar-refractivity contribution < 1.29 is 14.3 Å². The summed E-state index contributed by atoms with van der Waals surface area (Å²) in [5, 5.41) is 18.8. The van der Waals surface area contributed by atoms with E-state index in [4.69, 9.17) is 33.7 Å². The minimum atomic E-state index is -0.771. The summed E-state index contributed by atoms with van der Waals surface area (Å²) in [5.74, 6) is -1.13. The summed E-state index contributed by atoms with van der Waals surface area (Å²) < 4.78 is 7.04. The number of hydrogen-bond donors (Lipinski definition) is 3. The first-order chi connectivity index (χ1) is 18.3. The van der Waals surface area contributed by atoms with E-state index in [9.17, 15) is 9.59 Å². The van der Waals surface area contributed by atoms with Crippen molar-refractivity contribution in [1.82, 2.24) is 30.2 Å². The Hall–Kier alpha value is -4.32. The number of H-pyrrole nitrogens is 1. The van der Waals surface area contributed by atoms with Gasteiger partial charge in [-0.2, -0.15) is 20.5 Å². The molecule has 0 bridgehead atoms. The molecule has 0 spiro atoms. The Balaban J connectivity index is 1.63. The molecule has 4 N–H and O–H groups in total. The van der Waals surface area contributed by atoms with E-state index in [1.807, 2.05) is 0 Å². The van der Waals surface area contributed by atoms with Gasteiger partial charge < -0.3 is 15.8 Å². The Bertz CT molecular complexity index is 1680. The lowest BCUT2D eigenvalue weighted by atomic mass is 10.0.